The van der Waals surface area contributed by atoms with Gasteiger partial charge in [0.15, 0.2) is 0 Å². The average Bonchev–Trinajstić information content (AvgIpc) is 3.38. The highest BCUT2D eigenvalue weighted by Crippen LogP contribution is 2.39. The molecular weight excluding hydrogens is 555 g/mol. The first-order valence-electron chi connectivity index (χ1n) is 13.8. The number of halogens is 3. The van der Waals surface area contributed by atoms with E-state index >= 15 is 0 Å². The van der Waals surface area contributed by atoms with Gasteiger partial charge >= 0.3 is 12.5 Å². The normalized spacial score (nSPS) is 19.3. The number of carbonyl (C=O) groups excluding carboxylic acids is 1. The molecule has 3 N–H and O–H groups in total. The third kappa shape index (κ3) is 7.44. The maximum Gasteiger partial charge on any atom is 0.573 e. The molecule has 0 bridgehead atoms. The Morgan fingerprint density at radius 3 is 2.29 bits per heavy atom. The summed E-state index contributed by atoms with van der Waals surface area (Å²) in [5.41, 5.74) is 3.39. The molecule has 10 nitrogen and oxygen atoms in total. The Morgan fingerprint density at radius 1 is 1.07 bits per heavy atom. The second-order valence-corrected chi connectivity index (χ2v) is 11.3. The number of alkyl halides is 3. The second-order valence-electron chi connectivity index (χ2n) is 11.3. The van der Waals surface area contributed by atoms with E-state index in [9.17, 15) is 27.9 Å². The summed E-state index contributed by atoms with van der Waals surface area (Å²) in [6.45, 7) is 8.74. The molecule has 2 aromatic carbocycles. The van der Waals surface area contributed by atoms with Crippen LogP contribution in [-0.2, 0) is 4.74 Å². The fraction of sp³-hybridized carbons (Fsp3) is 0.483. The van der Waals surface area contributed by atoms with Crippen molar-refractivity contribution < 1.29 is 37.3 Å². The third-order valence-corrected chi connectivity index (χ3v) is 7.23. The zero-order valence-corrected chi connectivity index (χ0v) is 23.8. The third-order valence-electron chi connectivity index (χ3n) is 7.23. The smallest absolute Gasteiger partial charge is 0.465 e. The van der Waals surface area contributed by atoms with E-state index in [-0.39, 0.29) is 18.0 Å². The number of carbonyl (C=O) groups is 2. The largest absolute Gasteiger partial charge is 0.573 e. The van der Waals surface area contributed by atoms with Gasteiger partial charge in [-0.1, -0.05) is 27.2 Å². The van der Waals surface area contributed by atoms with E-state index < -0.39 is 35.4 Å². The van der Waals surface area contributed by atoms with E-state index in [0.29, 0.717) is 17.7 Å². The quantitative estimate of drug-likeness (QED) is 0.344. The maximum atomic E-state index is 12.6. The highest BCUT2D eigenvalue weighted by atomic mass is 19.4. The van der Waals surface area contributed by atoms with Gasteiger partial charge in [-0.15, -0.1) is 18.3 Å². The van der Waals surface area contributed by atoms with E-state index in [1.54, 1.807) is 24.3 Å². The Labute approximate surface area is 242 Å². The number of hydrogen-bond donors (Lipinski definition) is 3. The Morgan fingerprint density at radius 2 is 1.71 bits per heavy atom. The molecule has 2 aliphatic rings. The van der Waals surface area contributed by atoms with E-state index in [1.807, 2.05) is 20.8 Å². The Balaban J connectivity index is 1.40. The molecule has 1 unspecified atom stereocenters. The average molecular weight is 592 g/mol. The monoisotopic (exact) mass is 591 g/mol. The number of benzene rings is 2. The molecule has 0 saturated carbocycles. The van der Waals surface area contributed by atoms with Gasteiger partial charge in [-0.2, -0.15) is 0 Å². The molecule has 13 heteroatoms. The molecule has 2 aliphatic heterocycles. The molecule has 2 aromatic rings. The van der Waals surface area contributed by atoms with Crippen LogP contribution in [0.3, 0.4) is 0 Å². The van der Waals surface area contributed by atoms with Gasteiger partial charge < -0.3 is 24.8 Å². The Bertz CT molecular complexity index is 1270. The Hall–Kier alpha value is -4.00. The fourth-order valence-corrected chi connectivity index (χ4v) is 5.01. The van der Waals surface area contributed by atoms with E-state index in [4.69, 9.17) is 4.74 Å². The standard InChI is InChI=1S/C29H36F3N5O5/c1-27(2,3)28(37(26(39)40)19-7-18-36-16-5-4-6-17-36)35-34-25(42-28)21-8-12-22(13-9-21)33-24(38)20-10-14-23(15-11-20)41-29(30,31)32/h8-15,35H,4-7,16-19H2,1-3H3,(H,33,38)(H,39,40). The van der Waals surface area contributed by atoms with Crippen molar-refractivity contribution in [1.29, 1.82) is 0 Å². The molecule has 0 aliphatic carbocycles. The molecule has 1 saturated heterocycles. The van der Waals surface area contributed by atoms with Gasteiger partial charge in [-0.3, -0.25) is 9.69 Å². The predicted molar refractivity (Wildman–Crippen MR) is 150 cm³/mol. The molecule has 1 fully saturated rings. The van der Waals surface area contributed by atoms with Crippen LogP contribution < -0.4 is 15.5 Å². The molecular formula is C29H36F3N5O5. The van der Waals surface area contributed by atoms with Crippen molar-refractivity contribution >= 4 is 23.6 Å². The van der Waals surface area contributed by atoms with E-state index in [2.05, 4.69) is 25.5 Å². The number of ether oxygens (including phenoxy) is 2. The zero-order valence-electron chi connectivity index (χ0n) is 23.8. The Kier molecular flexibility index (Phi) is 9.19. The number of anilines is 1. The lowest BCUT2D eigenvalue weighted by atomic mass is 9.88. The SMILES string of the molecule is CC(C)(C)C1(N(CCCN2CCCCC2)C(=O)O)NN=C(c2ccc(NC(=O)c3ccc(OC(F)(F)F)cc3)cc2)O1. The van der Waals surface area contributed by atoms with Crippen molar-refractivity contribution in [2.45, 2.75) is 58.7 Å². The van der Waals surface area contributed by atoms with Crippen LogP contribution in [0, 0.1) is 5.41 Å². The number of piperidine rings is 1. The van der Waals surface area contributed by atoms with Gasteiger partial charge in [0.1, 0.15) is 5.75 Å². The lowest BCUT2D eigenvalue weighted by Crippen LogP contribution is -2.66. The van der Waals surface area contributed by atoms with Gasteiger partial charge in [0.2, 0.25) is 5.90 Å². The fourth-order valence-electron chi connectivity index (χ4n) is 5.01. The number of likely N-dealkylation sites (tertiary alicyclic amines) is 1. The van der Waals surface area contributed by atoms with E-state index in [0.717, 1.165) is 44.6 Å². The first-order valence-corrected chi connectivity index (χ1v) is 13.8. The van der Waals surface area contributed by atoms with Gasteiger partial charge in [0, 0.05) is 28.8 Å². The van der Waals surface area contributed by atoms with Crippen molar-refractivity contribution in [2.75, 3.05) is 31.5 Å². The van der Waals surface area contributed by atoms with Crippen LogP contribution in [0.5, 0.6) is 5.75 Å². The number of nitrogens with zero attached hydrogens (tertiary/aromatic N) is 3. The molecule has 1 atom stereocenters. The summed E-state index contributed by atoms with van der Waals surface area (Å²) in [5.74, 6) is -2.19. The first kappa shape index (κ1) is 30.9. The highest BCUT2D eigenvalue weighted by molar-refractivity contribution is 6.04. The van der Waals surface area contributed by atoms with Gasteiger partial charge in [0.25, 0.3) is 11.8 Å². The highest BCUT2D eigenvalue weighted by Gasteiger charge is 2.55. The summed E-state index contributed by atoms with van der Waals surface area (Å²) in [6, 6.07) is 11.1. The summed E-state index contributed by atoms with van der Waals surface area (Å²) in [5, 5.41) is 17.2. The number of amides is 2. The van der Waals surface area contributed by atoms with Crippen molar-refractivity contribution in [3.8, 4) is 5.75 Å². The number of carboxylic acid groups (broad SMARTS) is 1. The summed E-state index contributed by atoms with van der Waals surface area (Å²) in [6.07, 6.45) is -1.74. The molecule has 4 rings (SSSR count). The van der Waals surface area contributed by atoms with Gasteiger partial charge in [-0.25, -0.2) is 10.2 Å². The summed E-state index contributed by atoms with van der Waals surface area (Å²) in [4.78, 5) is 28.7. The predicted octanol–water partition coefficient (Wildman–Crippen LogP) is 5.67. The lowest BCUT2D eigenvalue weighted by Gasteiger charge is -2.46. The number of hydrogen-bond acceptors (Lipinski definition) is 7. The minimum atomic E-state index is -4.82. The molecule has 228 valence electrons. The molecule has 0 spiro atoms. The van der Waals surface area contributed by atoms with Crippen LogP contribution in [0.15, 0.2) is 53.6 Å². The minimum Gasteiger partial charge on any atom is -0.465 e. The van der Waals surface area contributed by atoms with E-state index in [1.165, 1.54) is 23.5 Å². The van der Waals surface area contributed by atoms with Crippen LogP contribution in [0.25, 0.3) is 0 Å². The maximum absolute atomic E-state index is 12.6. The first-order chi connectivity index (χ1) is 19.8. The number of nitrogens with one attached hydrogen (secondary N) is 2. The molecule has 0 radical (unpaired) electrons. The summed E-state index contributed by atoms with van der Waals surface area (Å²) < 4.78 is 47.2. The second kappa shape index (κ2) is 12.5. The van der Waals surface area contributed by atoms with Crippen LogP contribution in [0.2, 0.25) is 0 Å². The molecule has 42 heavy (non-hydrogen) atoms. The number of rotatable bonds is 9. The molecule has 2 heterocycles. The van der Waals surface area contributed by atoms with Gasteiger partial charge in [0.05, 0.1) is 0 Å². The van der Waals surface area contributed by atoms with Crippen molar-refractivity contribution in [1.82, 2.24) is 15.2 Å². The van der Waals surface area contributed by atoms with Gasteiger partial charge in [-0.05, 0) is 87.4 Å². The summed E-state index contributed by atoms with van der Waals surface area (Å²) >= 11 is 0. The zero-order chi connectivity index (χ0) is 30.5. The number of hydrazone groups is 1. The van der Waals surface area contributed by atoms with Crippen LogP contribution in [0.1, 0.15) is 62.4 Å². The van der Waals surface area contributed by atoms with Crippen LogP contribution >= 0.6 is 0 Å². The molecule has 2 amide bonds. The van der Waals surface area contributed by atoms with Crippen molar-refractivity contribution in [3.05, 3.63) is 59.7 Å². The topological polar surface area (TPSA) is 116 Å². The lowest BCUT2D eigenvalue weighted by molar-refractivity contribution is -0.274. The molecule has 0 aromatic heterocycles. The minimum absolute atomic E-state index is 0.144. The summed E-state index contributed by atoms with van der Waals surface area (Å²) in [7, 11) is 0. The van der Waals surface area contributed by atoms with Crippen LogP contribution in [0.4, 0.5) is 23.7 Å². The van der Waals surface area contributed by atoms with Crippen molar-refractivity contribution in [3.63, 3.8) is 0 Å². The van der Waals surface area contributed by atoms with Crippen molar-refractivity contribution in [2.24, 2.45) is 10.5 Å². The van der Waals surface area contributed by atoms with Crippen LogP contribution in [-0.4, -0.2) is 71.2 Å².